The molecule has 9 rings (SSSR count). The molecule has 5 aromatic rings. The maximum atomic E-state index is 13.9. The molecule has 2 aromatic carbocycles. The van der Waals surface area contributed by atoms with Gasteiger partial charge in [0, 0.05) is 26.2 Å². The number of carbonyl (C=O) groups is 4. The van der Waals surface area contributed by atoms with E-state index < -0.39 is 24.3 Å². The van der Waals surface area contributed by atoms with Crippen molar-refractivity contribution >= 4 is 57.6 Å². The van der Waals surface area contributed by atoms with Crippen LogP contribution in [0.25, 0.3) is 22.1 Å². The number of likely N-dealkylation sites (tertiary alicyclic amines) is 2. The summed E-state index contributed by atoms with van der Waals surface area (Å²) in [6, 6.07) is 15.2. The fourth-order valence-electron chi connectivity index (χ4n) is 10.8. The van der Waals surface area contributed by atoms with Gasteiger partial charge in [-0.1, -0.05) is 39.8 Å². The lowest BCUT2D eigenvalue weighted by atomic mass is 10.0. The Hall–Kier alpha value is -6.39. The lowest BCUT2D eigenvalue weighted by Gasteiger charge is -2.34. The molecule has 3 aromatic heterocycles. The van der Waals surface area contributed by atoms with Crippen molar-refractivity contribution in [2.75, 3.05) is 43.1 Å². The number of methoxy groups -OCH3 is 1. The molecule has 4 saturated heterocycles. The Balaban J connectivity index is 1.01. The molecular formula is C49H63N11O6. The number of rotatable bonds is 12. The third-order valence-corrected chi connectivity index (χ3v) is 14.2. The van der Waals surface area contributed by atoms with E-state index >= 15 is 0 Å². The molecular weight excluding hydrogens is 839 g/mol. The number of hydrogen-bond acceptors (Lipinski definition) is 10. The van der Waals surface area contributed by atoms with Crippen molar-refractivity contribution in [2.24, 2.45) is 11.8 Å². The van der Waals surface area contributed by atoms with E-state index in [0.717, 1.165) is 102 Å². The highest BCUT2D eigenvalue weighted by Crippen LogP contribution is 2.48. The van der Waals surface area contributed by atoms with Gasteiger partial charge in [-0.15, -0.1) is 0 Å². The van der Waals surface area contributed by atoms with Crippen LogP contribution < -0.4 is 20.4 Å². The average Bonchev–Trinajstić information content (AvgIpc) is 4.18. The molecule has 17 nitrogen and oxygen atoms in total. The fourth-order valence-corrected chi connectivity index (χ4v) is 10.8. The summed E-state index contributed by atoms with van der Waals surface area (Å²) in [5.74, 6) is 1.74. The van der Waals surface area contributed by atoms with Gasteiger partial charge < -0.3 is 50.0 Å². The first-order valence-electron chi connectivity index (χ1n) is 23.8. The largest absolute Gasteiger partial charge is 0.465 e. The summed E-state index contributed by atoms with van der Waals surface area (Å²) in [4.78, 5) is 82.1. The fraction of sp³-hybridized carbons (Fsp3) is 0.531. The van der Waals surface area contributed by atoms with Crippen molar-refractivity contribution in [2.45, 2.75) is 122 Å². The van der Waals surface area contributed by atoms with E-state index in [0.29, 0.717) is 18.9 Å². The average molecular weight is 902 g/mol. The van der Waals surface area contributed by atoms with E-state index in [9.17, 15) is 24.3 Å². The summed E-state index contributed by atoms with van der Waals surface area (Å²) in [6.07, 6.45) is 8.71. The summed E-state index contributed by atoms with van der Waals surface area (Å²) in [7, 11) is 1.30. The monoisotopic (exact) mass is 901 g/mol. The molecule has 17 heteroatoms. The minimum absolute atomic E-state index is 0.0193. The van der Waals surface area contributed by atoms with Crippen LogP contribution in [0, 0.1) is 11.8 Å². The van der Waals surface area contributed by atoms with E-state index in [2.05, 4.69) is 78.9 Å². The second-order valence-electron chi connectivity index (χ2n) is 19.1. The maximum Gasteiger partial charge on any atom is 0.407 e. The van der Waals surface area contributed by atoms with Gasteiger partial charge in [0.15, 0.2) is 0 Å². The van der Waals surface area contributed by atoms with Crippen molar-refractivity contribution in [3.05, 3.63) is 77.5 Å². The van der Waals surface area contributed by atoms with Crippen LogP contribution in [0.5, 0.6) is 0 Å². The first-order valence-corrected chi connectivity index (χ1v) is 23.8. The molecule has 4 aliphatic rings. The number of pyridine rings is 1. The Kier molecular flexibility index (Phi) is 12.8. The number of nitrogens with one attached hydrogen (secondary N) is 4. The van der Waals surface area contributed by atoms with Crippen LogP contribution in [0.4, 0.5) is 21.1 Å². The van der Waals surface area contributed by atoms with Crippen molar-refractivity contribution in [3.8, 4) is 0 Å². The molecule has 6 atom stereocenters. The summed E-state index contributed by atoms with van der Waals surface area (Å²) in [6.45, 7) is 10.7. The van der Waals surface area contributed by atoms with E-state index in [1.807, 2.05) is 38.8 Å². The Labute approximate surface area is 385 Å². The van der Waals surface area contributed by atoms with Crippen LogP contribution in [-0.2, 0) is 14.3 Å². The zero-order valence-corrected chi connectivity index (χ0v) is 38.6. The van der Waals surface area contributed by atoms with Gasteiger partial charge in [-0.25, -0.2) is 24.5 Å². The number of imidazole rings is 2. The topological polar surface area (TPSA) is 205 Å². The van der Waals surface area contributed by atoms with Crippen molar-refractivity contribution < 1.29 is 29.0 Å². The molecule has 350 valence electrons. The molecule has 5 N–H and O–H groups in total. The van der Waals surface area contributed by atoms with Crippen LogP contribution in [-0.4, -0.2) is 109 Å². The predicted octanol–water partition coefficient (Wildman–Crippen LogP) is 7.91. The molecule has 0 saturated carbocycles. The number of hydrogen-bond donors (Lipinski definition) is 5. The van der Waals surface area contributed by atoms with E-state index in [4.69, 9.17) is 19.7 Å². The number of benzene rings is 2. The lowest BCUT2D eigenvalue weighted by molar-refractivity contribution is -0.136. The smallest absolute Gasteiger partial charge is 0.407 e. The van der Waals surface area contributed by atoms with Crippen LogP contribution in [0.1, 0.15) is 132 Å². The molecule has 0 aliphatic carbocycles. The zero-order valence-electron chi connectivity index (χ0n) is 38.6. The van der Waals surface area contributed by atoms with Crippen molar-refractivity contribution in [1.82, 2.24) is 45.4 Å². The molecule has 4 aliphatic heterocycles. The molecule has 66 heavy (non-hydrogen) atoms. The molecule has 4 amide bonds. The first kappa shape index (κ1) is 44.8. The van der Waals surface area contributed by atoms with Gasteiger partial charge in [-0.2, -0.15) is 0 Å². The molecule has 0 spiro atoms. The SMILES string of the molecule is COC(=O)N[C@H](C(=O)N1CCC[C@H]1c1nc2ccc([C@H]3CC[C@H](c4ccc5nc([C@@H]6CCCN6C(=O)[C@@H](NC(=O)O)C(C)C)[nH]c5c4)N3c3ccc(N4CCCCC4)nc3)cc2[nH]1)C(C)C. The number of anilines is 2. The second-order valence-corrected chi connectivity index (χ2v) is 19.1. The summed E-state index contributed by atoms with van der Waals surface area (Å²) < 4.78 is 4.83. The molecule has 4 fully saturated rings. The summed E-state index contributed by atoms with van der Waals surface area (Å²) in [5.41, 5.74) is 6.76. The highest BCUT2D eigenvalue weighted by molar-refractivity contribution is 5.87. The quantitative estimate of drug-likeness (QED) is 0.0814. The number of carboxylic acid groups (broad SMARTS) is 1. The van der Waals surface area contributed by atoms with Gasteiger partial charge in [0.05, 0.1) is 65.2 Å². The van der Waals surface area contributed by atoms with Crippen LogP contribution in [0.2, 0.25) is 0 Å². The highest BCUT2D eigenvalue weighted by atomic mass is 16.5. The number of alkyl carbamates (subject to hydrolysis) is 1. The van der Waals surface area contributed by atoms with Gasteiger partial charge in [0.1, 0.15) is 29.6 Å². The highest BCUT2D eigenvalue weighted by Gasteiger charge is 2.40. The van der Waals surface area contributed by atoms with E-state index in [-0.39, 0.29) is 47.8 Å². The molecule has 0 bridgehead atoms. The standard InChI is InChI=1S/C49H63N11O6/c1-28(2)42(55-48(63)64)46(61)58-23-9-11-39(58)44-51-33-16-13-30(25-35(33)53-44)37-18-19-38(60(37)32-15-20-41(50-27-32)57-21-7-6-8-22-57)31-14-17-34-36(26-31)54-45(52-34)40-12-10-24-59(40)47(62)43(29(3)4)56-49(65)66-5/h13-17,20,25-29,37-40,42-43,55H,6-12,18-19,21-24H2,1-5H3,(H,51,53)(H,52,54)(H,56,65)(H,63,64)/t37-,38-,39+,40+,42+,43+/m1/s1. The van der Waals surface area contributed by atoms with Gasteiger partial charge in [0.25, 0.3) is 0 Å². The number of carbonyl (C=O) groups excluding carboxylic acids is 3. The van der Waals surface area contributed by atoms with Crippen LogP contribution in [0.3, 0.4) is 0 Å². The number of aromatic amines is 2. The summed E-state index contributed by atoms with van der Waals surface area (Å²) >= 11 is 0. The first-order chi connectivity index (χ1) is 31.9. The molecule has 0 radical (unpaired) electrons. The number of piperidine rings is 1. The third kappa shape index (κ3) is 8.83. The minimum atomic E-state index is -1.21. The molecule has 0 unspecified atom stereocenters. The Morgan fingerprint density at radius 1 is 0.667 bits per heavy atom. The van der Waals surface area contributed by atoms with E-state index in [1.165, 1.54) is 26.4 Å². The zero-order chi connectivity index (χ0) is 46.2. The number of amides is 4. The Bertz CT molecular complexity index is 2570. The van der Waals surface area contributed by atoms with Crippen molar-refractivity contribution in [3.63, 3.8) is 0 Å². The van der Waals surface area contributed by atoms with E-state index in [1.54, 1.807) is 4.90 Å². The van der Waals surface area contributed by atoms with Crippen LogP contribution >= 0.6 is 0 Å². The summed E-state index contributed by atoms with van der Waals surface area (Å²) in [5, 5.41) is 14.7. The van der Waals surface area contributed by atoms with Crippen molar-refractivity contribution in [1.29, 1.82) is 0 Å². The number of nitrogens with zero attached hydrogens (tertiary/aromatic N) is 7. The minimum Gasteiger partial charge on any atom is -0.465 e. The normalized spacial score (nSPS) is 22.2. The lowest BCUT2D eigenvalue weighted by Crippen LogP contribution is -2.51. The maximum absolute atomic E-state index is 13.9. The third-order valence-electron chi connectivity index (χ3n) is 14.2. The van der Waals surface area contributed by atoms with Crippen LogP contribution in [0.15, 0.2) is 54.7 Å². The number of aromatic nitrogens is 5. The predicted molar refractivity (Wildman–Crippen MR) is 251 cm³/mol. The number of fused-ring (bicyclic) bond motifs is 2. The molecule has 7 heterocycles. The number of H-pyrrole nitrogens is 2. The van der Waals surface area contributed by atoms with Gasteiger partial charge in [-0.3, -0.25) is 9.59 Å². The number of ether oxygens (including phenoxy) is 1. The Morgan fingerprint density at radius 2 is 1.20 bits per heavy atom. The van der Waals surface area contributed by atoms with Gasteiger partial charge in [0.2, 0.25) is 11.8 Å². The second kappa shape index (κ2) is 18.8. The van der Waals surface area contributed by atoms with Gasteiger partial charge in [-0.05, 0) is 117 Å². The Morgan fingerprint density at radius 3 is 1.67 bits per heavy atom. The van der Waals surface area contributed by atoms with Gasteiger partial charge >= 0.3 is 12.2 Å².